The van der Waals surface area contributed by atoms with Crippen molar-refractivity contribution in [2.24, 2.45) is 0 Å². The number of Topliss-reactive ketones (excluding diaryl/α,β-unsaturated/α-hetero) is 2. The van der Waals surface area contributed by atoms with E-state index in [1.165, 1.54) is 0 Å². The van der Waals surface area contributed by atoms with Crippen LogP contribution in [-0.2, 0) is 6.54 Å². The smallest absolute Gasteiger partial charge is 0.182 e. The Bertz CT molecular complexity index is 849. The molecule has 1 aliphatic rings. The van der Waals surface area contributed by atoms with Gasteiger partial charge in [-0.05, 0) is 5.56 Å². The number of carbonyl (C=O) groups is 2. The van der Waals surface area contributed by atoms with Gasteiger partial charge in [0.05, 0.1) is 12.1 Å². The highest BCUT2D eigenvalue weighted by atomic mass is 16.1. The van der Waals surface area contributed by atoms with E-state index < -0.39 is 12.1 Å². The summed E-state index contributed by atoms with van der Waals surface area (Å²) in [5, 5.41) is 0. The fourth-order valence-electron chi connectivity index (χ4n) is 3.40. The van der Waals surface area contributed by atoms with E-state index >= 15 is 0 Å². The van der Waals surface area contributed by atoms with Crippen LogP contribution in [0, 0.1) is 0 Å². The largest absolute Gasteiger partial charge is 0.292 e. The number of ketones is 2. The predicted octanol–water partition coefficient (Wildman–Crippen LogP) is 4.01. The molecule has 0 aliphatic carbocycles. The molecule has 0 saturated carbocycles. The highest BCUT2D eigenvalue weighted by Gasteiger charge is 2.56. The summed E-state index contributed by atoms with van der Waals surface area (Å²) in [7, 11) is 0. The van der Waals surface area contributed by atoms with E-state index in [4.69, 9.17) is 0 Å². The van der Waals surface area contributed by atoms with Gasteiger partial charge in [-0.25, -0.2) is 0 Å². The molecule has 1 aliphatic heterocycles. The summed E-state index contributed by atoms with van der Waals surface area (Å²) in [5.74, 6) is 0.0200. The lowest BCUT2D eigenvalue weighted by Gasteiger charge is -2.04. The quantitative estimate of drug-likeness (QED) is 0.502. The molecule has 0 amide bonds. The predicted molar refractivity (Wildman–Crippen MR) is 101 cm³/mol. The maximum absolute atomic E-state index is 13.0. The van der Waals surface area contributed by atoms with Crippen LogP contribution < -0.4 is 0 Å². The molecule has 1 saturated heterocycles. The first-order valence-electron chi connectivity index (χ1n) is 8.74. The Morgan fingerprint density at radius 3 is 1.42 bits per heavy atom. The molecule has 0 radical (unpaired) electrons. The lowest BCUT2D eigenvalue weighted by Crippen LogP contribution is -2.16. The second kappa shape index (κ2) is 7.06. The molecule has 0 unspecified atom stereocenters. The molecular formula is C23H19NO2. The van der Waals surface area contributed by atoms with E-state index in [-0.39, 0.29) is 11.6 Å². The van der Waals surface area contributed by atoms with Gasteiger partial charge in [-0.1, -0.05) is 91.0 Å². The zero-order chi connectivity index (χ0) is 17.9. The Kier molecular flexibility index (Phi) is 4.46. The van der Waals surface area contributed by atoms with Gasteiger partial charge in [0.25, 0.3) is 0 Å². The number of nitrogens with zero attached hydrogens (tertiary/aromatic N) is 1. The second-order valence-corrected chi connectivity index (χ2v) is 6.51. The monoisotopic (exact) mass is 341 g/mol. The Morgan fingerprint density at radius 1 is 0.615 bits per heavy atom. The van der Waals surface area contributed by atoms with Crippen molar-refractivity contribution in [2.45, 2.75) is 18.6 Å². The summed E-state index contributed by atoms with van der Waals surface area (Å²) < 4.78 is 0. The average Bonchev–Trinajstić information content (AvgIpc) is 3.42. The maximum Gasteiger partial charge on any atom is 0.182 e. The minimum absolute atomic E-state index is 0.0100. The second-order valence-electron chi connectivity index (χ2n) is 6.51. The zero-order valence-electron chi connectivity index (χ0n) is 14.3. The first kappa shape index (κ1) is 16.4. The summed E-state index contributed by atoms with van der Waals surface area (Å²) in [6.07, 6.45) is 0. The molecule has 3 heteroatoms. The van der Waals surface area contributed by atoms with E-state index in [0.717, 1.165) is 5.56 Å². The Hall–Kier alpha value is -3.04. The summed E-state index contributed by atoms with van der Waals surface area (Å²) in [5.41, 5.74) is 2.40. The Morgan fingerprint density at radius 2 is 1.00 bits per heavy atom. The fourth-order valence-corrected chi connectivity index (χ4v) is 3.40. The van der Waals surface area contributed by atoms with Crippen molar-refractivity contribution in [1.29, 1.82) is 0 Å². The summed E-state index contributed by atoms with van der Waals surface area (Å²) in [6.45, 7) is 0.591. The standard InChI is InChI=1S/C23H19NO2/c25-22(18-12-6-2-7-13-18)20-21(23(26)19-14-8-3-9-15-19)24(20)16-17-10-4-1-5-11-17/h1-15,20-21H,16H2/t20-,21-/m1/s1. The molecule has 4 rings (SSSR count). The van der Waals surface area contributed by atoms with Gasteiger partial charge in [0.2, 0.25) is 0 Å². The third kappa shape index (κ3) is 3.22. The molecule has 0 N–H and O–H groups in total. The van der Waals surface area contributed by atoms with Crippen molar-refractivity contribution in [3.8, 4) is 0 Å². The molecule has 1 fully saturated rings. The first-order valence-corrected chi connectivity index (χ1v) is 8.74. The molecule has 128 valence electrons. The number of hydrogen-bond acceptors (Lipinski definition) is 3. The third-order valence-electron chi connectivity index (χ3n) is 4.79. The first-order chi connectivity index (χ1) is 12.8. The lowest BCUT2D eigenvalue weighted by atomic mass is 10.0. The van der Waals surface area contributed by atoms with Crippen molar-refractivity contribution < 1.29 is 9.59 Å². The van der Waals surface area contributed by atoms with Crippen LogP contribution in [0.1, 0.15) is 26.3 Å². The highest BCUT2D eigenvalue weighted by molar-refractivity contribution is 6.12. The average molecular weight is 341 g/mol. The Labute approximate surface area is 152 Å². The van der Waals surface area contributed by atoms with Crippen LogP contribution in [-0.4, -0.2) is 28.6 Å². The van der Waals surface area contributed by atoms with Gasteiger partial charge in [-0.3, -0.25) is 14.5 Å². The number of hydrogen-bond donors (Lipinski definition) is 0. The van der Waals surface area contributed by atoms with Gasteiger partial charge in [-0.15, -0.1) is 0 Å². The molecule has 1 heterocycles. The van der Waals surface area contributed by atoms with Crippen molar-refractivity contribution in [2.75, 3.05) is 0 Å². The summed E-state index contributed by atoms with van der Waals surface area (Å²) >= 11 is 0. The minimum atomic E-state index is -0.398. The van der Waals surface area contributed by atoms with Crippen molar-refractivity contribution in [3.63, 3.8) is 0 Å². The Balaban J connectivity index is 1.61. The zero-order valence-corrected chi connectivity index (χ0v) is 14.3. The van der Waals surface area contributed by atoms with Crippen molar-refractivity contribution in [1.82, 2.24) is 4.90 Å². The third-order valence-corrected chi connectivity index (χ3v) is 4.79. The molecular weight excluding hydrogens is 322 g/mol. The van der Waals surface area contributed by atoms with E-state index in [2.05, 4.69) is 0 Å². The molecule has 0 aromatic heterocycles. The van der Waals surface area contributed by atoms with Crippen molar-refractivity contribution in [3.05, 3.63) is 108 Å². The van der Waals surface area contributed by atoms with Gasteiger partial charge in [-0.2, -0.15) is 0 Å². The van der Waals surface area contributed by atoms with Crippen LogP contribution in [0.25, 0.3) is 0 Å². The van der Waals surface area contributed by atoms with Crippen LogP contribution in [0.3, 0.4) is 0 Å². The normalized spacial score (nSPS) is 21.2. The topological polar surface area (TPSA) is 37.1 Å². The van der Waals surface area contributed by atoms with Gasteiger partial charge < -0.3 is 0 Å². The maximum atomic E-state index is 13.0. The van der Waals surface area contributed by atoms with Gasteiger partial charge >= 0.3 is 0 Å². The number of rotatable bonds is 6. The van der Waals surface area contributed by atoms with Crippen molar-refractivity contribution >= 4 is 11.6 Å². The number of benzene rings is 3. The van der Waals surface area contributed by atoms with Crippen LogP contribution in [0.2, 0.25) is 0 Å². The SMILES string of the molecule is O=C(c1ccccc1)[C@H]1[C@H](C(=O)c2ccccc2)N1Cc1ccccc1. The molecule has 3 nitrogen and oxygen atoms in total. The van der Waals surface area contributed by atoms with E-state index in [0.29, 0.717) is 17.7 Å². The van der Waals surface area contributed by atoms with Crippen LogP contribution in [0.5, 0.6) is 0 Å². The molecule has 0 bridgehead atoms. The summed E-state index contributed by atoms with van der Waals surface area (Å²) in [4.78, 5) is 27.9. The van der Waals surface area contributed by atoms with Gasteiger partial charge in [0.15, 0.2) is 11.6 Å². The fraction of sp³-hybridized carbons (Fsp3) is 0.130. The molecule has 0 spiro atoms. The molecule has 3 aromatic rings. The van der Waals surface area contributed by atoms with E-state index in [1.807, 2.05) is 95.9 Å². The van der Waals surface area contributed by atoms with Crippen LogP contribution in [0.4, 0.5) is 0 Å². The van der Waals surface area contributed by atoms with E-state index in [9.17, 15) is 9.59 Å². The van der Waals surface area contributed by atoms with E-state index in [1.54, 1.807) is 0 Å². The minimum Gasteiger partial charge on any atom is -0.292 e. The van der Waals surface area contributed by atoms with Gasteiger partial charge in [0.1, 0.15) is 0 Å². The lowest BCUT2D eigenvalue weighted by molar-refractivity contribution is 0.0948. The van der Waals surface area contributed by atoms with Crippen LogP contribution >= 0.6 is 0 Å². The van der Waals surface area contributed by atoms with Gasteiger partial charge in [0, 0.05) is 17.7 Å². The highest BCUT2D eigenvalue weighted by Crippen LogP contribution is 2.35. The number of carbonyl (C=O) groups excluding carboxylic acids is 2. The molecule has 2 atom stereocenters. The molecule has 3 aromatic carbocycles. The summed E-state index contributed by atoms with van der Waals surface area (Å²) in [6, 6.07) is 27.6. The van der Waals surface area contributed by atoms with Crippen LogP contribution in [0.15, 0.2) is 91.0 Å². The molecule has 26 heavy (non-hydrogen) atoms.